The molecule has 1 N–H and O–H groups in total. The topological polar surface area (TPSA) is 88.7 Å². The predicted molar refractivity (Wildman–Crippen MR) is 137 cm³/mol. The van der Waals surface area contributed by atoms with E-state index >= 15 is 0 Å². The molecule has 4 aliphatic rings. The first kappa shape index (κ1) is 23.0. The number of thiazole rings is 1. The molecule has 5 unspecified atom stereocenters. The Kier molecular flexibility index (Phi) is 5.10. The number of carbonyl (C=O) groups excluding carboxylic acids is 2. The van der Waals surface area contributed by atoms with E-state index in [9.17, 15) is 18.8 Å². The number of methoxy groups -OCH3 is 2. The Bertz CT molecular complexity index is 1500. The Labute approximate surface area is 220 Å². The van der Waals surface area contributed by atoms with E-state index in [4.69, 9.17) is 9.47 Å². The van der Waals surface area contributed by atoms with Gasteiger partial charge in [-0.15, -0.1) is 11.8 Å². The molecule has 10 heteroatoms. The number of nitrogens with one attached hydrogen (secondary N) is 1. The minimum Gasteiger partial charge on any atom is -0.493 e. The SMILES string of the molecule is COc1ccc(C2c3sc(=O)[nH]c3SC3C2[C@H]2C[C@@H]3C3C(=O)N(c4ccc(F)cc4)C(=O)C32)cc1OC. The van der Waals surface area contributed by atoms with E-state index in [0.717, 1.165) is 21.9 Å². The summed E-state index contributed by atoms with van der Waals surface area (Å²) < 4.78 is 24.6. The summed E-state index contributed by atoms with van der Waals surface area (Å²) in [7, 11) is 3.18. The highest BCUT2D eigenvalue weighted by Gasteiger charge is 2.69. The van der Waals surface area contributed by atoms with Crippen molar-refractivity contribution in [2.45, 2.75) is 22.6 Å². The van der Waals surface area contributed by atoms with Crippen LogP contribution in [-0.4, -0.2) is 36.3 Å². The van der Waals surface area contributed by atoms with Gasteiger partial charge < -0.3 is 14.5 Å². The molecule has 2 aliphatic carbocycles. The number of carbonyl (C=O) groups is 2. The molecule has 7 atom stereocenters. The van der Waals surface area contributed by atoms with E-state index in [-0.39, 0.29) is 45.6 Å². The van der Waals surface area contributed by atoms with Crippen molar-refractivity contribution < 1.29 is 23.5 Å². The molecule has 2 aromatic carbocycles. The minimum absolute atomic E-state index is 0.00199. The van der Waals surface area contributed by atoms with Gasteiger partial charge in [0.05, 0.1) is 36.8 Å². The van der Waals surface area contributed by atoms with Crippen molar-refractivity contribution in [2.24, 2.45) is 29.6 Å². The third-order valence-corrected chi connectivity index (χ3v) is 11.2. The van der Waals surface area contributed by atoms with Crippen molar-refractivity contribution in [3.63, 3.8) is 0 Å². The maximum absolute atomic E-state index is 13.7. The number of hydrogen-bond acceptors (Lipinski definition) is 7. The van der Waals surface area contributed by atoms with E-state index in [1.165, 1.54) is 40.5 Å². The molecule has 2 amide bonds. The summed E-state index contributed by atoms with van der Waals surface area (Å²) in [6.07, 6.45) is 0.801. The molecule has 3 fully saturated rings. The van der Waals surface area contributed by atoms with E-state index in [2.05, 4.69) is 4.98 Å². The number of imide groups is 1. The number of hydrogen-bond donors (Lipinski definition) is 1. The number of halogens is 1. The van der Waals surface area contributed by atoms with E-state index in [1.54, 1.807) is 26.0 Å². The summed E-state index contributed by atoms with van der Waals surface area (Å²) in [5.41, 5.74) is 1.42. The Morgan fingerprint density at radius 2 is 1.65 bits per heavy atom. The van der Waals surface area contributed by atoms with Gasteiger partial charge in [0, 0.05) is 16.0 Å². The molecular formula is C27H23FN2O5S2. The maximum Gasteiger partial charge on any atom is 0.305 e. The van der Waals surface area contributed by atoms with Crippen LogP contribution in [0.4, 0.5) is 10.1 Å². The number of rotatable bonds is 4. The molecule has 190 valence electrons. The molecule has 3 aromatic rings. The number of thioether (sulfide) groups is 1. The Morgan fingerprint density at radius 3 is 2.35 bits per heavy atom. The van der Waals surface area contributed by atoms with Crippen molar-refractivity contribution in [1.29, 1.82) is 0 Å². The Morgan fingerprint density at radius 1 is 0.946 bits per heavy atom. The lowest BCUT2D eigenvalue weighted by molar-refractivity contribution is -0.123. The highest BCUT2D eigenvalue weighted by Crippen LogP contribution is 2.68. The van der Waals surface area contributed by atoms with Gasteiger partial charge in [-0.3, -0.25) is 19.3 Å². The van der Waals surface area contributed by atoms with Crippen molar-refractivity contribution in [2.75, 3.05) is 19.1 Å². The molecular weight excluding hydrogens is 515 g/mol. The fourth-order valence-electron chi connectivity index (χ4n) is 7.28. The predicted octanol–water partition coefficient (Wildman–Crippen LogP) is 4.27. The largest absolute Gasteiger partial charge is 0.493 e. The zero-order valence-electron chi connectivity index (χ0n) is 20.0. The number of fused-ring (bicyclic) bond motifs is 9. The first-order chi connectivity index (χ1) is 17.9. The van der Waals surface area contributed by atoms with Gasteiger partial charge in [0.25, 0.3) is 0 Å². The van der Waals surface area contributed by atoms with Crippen LogP contribution in [0.1, 0.15) is 22.8 Å². The van der Waals surface area contributed by atoms with Crippen LogP contribution in [0.3, 0.4) is 0 Å². The average Bonchev–Trinajstić information content (AvgIpc) is 3.63. The lowest BCUT2D eigenvalue weighted by Gasteiger charge is -2.43. The number of amides is 2. The molecule has 7 nitrogen and oxygen atoms in total. The van der Waals surface area contributed by atoms with Crippen LogP contribution in [0.2, 0.25) is 0 Å². The Balaban J connectivity index is 1.32. The summed E-state index contributed by atoms with van der Waals surface area (Å²) in [6.45, 7) is 0. The smallest absolute Gasteiger partial charge is 0.305 e. The van der Waals surface area contributed by atoms with Gasteiger partial charge in [0.1, 0.15) is 5.82 Å². The second-order valence-electron chi connectivity index (χ2n) is 10.1. The average molecular weight is 539 g/mol. The monoisotopic (exact) mass is 538 g/mol. The van der Waals surface area contributed by atoms with Crippen LogP contribution in [0, 0.1) is 35.4 Å². The van der Waals surface area contributed by atoms with Gasteiger partial charge in [-0.1, -0.05) is 17.4 Å². The van der Waals surface area contributed by atoms with Crippen molar-refractivity contribution in [1.82, 2.24) is 4.98 Å². The molecule has 1 aromatic heterocycles. The van der Waals surface area contributed by atoms with Crippen molar-refractivity contribution >= 4 is 40.6 Å². The van der Waals surface area contributed by atoms with Crippen LogP contribution in [0.5, 0.6) is 11.5 Å². The number of nitrogens with zero attached hydrogens (tertiary/aromatic N) is 1. The van der Waals surface area contributed by atoms with Gasteiger partial charge in [-0.05, 0) is 66.1 Å². The van der Waals surface area contributed by atoms with Crippen LogP contribution >= 0.6 is 23.1 Å². The number of benzene rings is 2. The third-order valence-electron chi connectivity index (χ3n) is 8.58. The van der Waals surface area contributed by atoms with Crippen LogP contribution in [0.25, 0.3) is 0 Å². The van der Waals surface area contributed by atoms with Crippen LogP contribution in [0.15, 0.2) is 52.3 Å². The van der Waals surface area contributed by atoms with Gasteiger partial charge in [0.15, 0.2) is 11.5 Å². The summed E-state index contributed by atoms with van der Waals surface area (Å²) in [5.74, 6) is -0.394. The Hall–Kier alpha value is -3.11. The number of aromatic amines is 1. The van der Waals surface area contributed by atoms with E-state index in [1.807, 2.05) is 18.2 Å². The molecule has 7 rings (SSSR count). The molecule has 2 saturated carbocycles. The van der Waals surface area contributed by atoms with Gasteiger partial charge in [-0.25, -0.2) is 4.39 Å². The molecule has 2 bridgehead atoms. The van der Waals surface area contributed by atoms with Gasteiger partial charge >= 0.3 is 4.87 Å². The van der Waals surface area contributed by atoms with Crippen LogP contribution < -0.4 is 19.2 Å². The molecule has 37 heavy (non-hydrogen) atoms. The quantitative estimate of drug-likeness (QED) is 0.499. The molecule has 0 radical (unpaired) electrons. The lowest BCUT2D eigenvalue weighted by atomic mass is 9.68. The normalized spacial score (nSPS) is 31.3. The molecule has 2 aliphatic heterocycles. The highest BCUT2D eigenvalue weighted by atomic mass is 32.2. The molecule has 0 spiro atoms. The second-order valence-corrected chi connectivity index (χ2v) is 12.3. The summed E-state index contributed by atoms with van der Waals surface area (Å²) >= 11 is 2.86. The highest BCUT2D eigenvalue weighted by molar-refractivity contribution is 8.00. The standard InChI is InChI=1S/C27H23FN2O5S2/c1-34-16-8-3-11(9-17(16)35-2)18-19-14-10-15(22(19)36-24-23(18)37-27(33)29-24)21-20(14)25(31)30(26(21)32)13-6-4-12(28)5-7-13/h3-9,14-15,18-22H,10H2,1-2H3,(H,29,33)/t14-,15-,18?,19?,20?,21?,22?/m1/s1. The van der Waals surface area contributed by atoms with Crippen LogP contribution in [-0.2, 0) is 9.59 Å². The van der Waals surface area contributed by atoms with E-state index < -0.39 is 17.7 Å². The second kappa shape index (κ2) is 8.19. The fourth-order valence-corrected chi connectivity index (χ4v) is 10.2. The number of anilines is 1. The molecule has 1 saturated heterocycles. The summed E-state index contributed by atoms with van der Waals surface area (Å²) in [6, 6.07) is 11.4. The summed E-state index contributed by atoms with van der Waals surface area (Å²) in [5, 5.41) is 0.944. The lowest BCUT2D eigenvalue weighted by Crippen LogP contribution is -2.42. The third kappa shape index (κ3) is 3.15. The zero-order chi connectivity index (χ0) is 25.6. The molecule has 3 heterocycles. The summed E-state index contributed by atoms with van der Waals surface area (Å²) in [4.78, 5) is 44.9. The van der Waals surface area contributed by atoms with Crippen molar-refractivity contribution in [3.8, 4) is 11.5 Å². The minimum atomic E-state index is -0.413. The number of ether oxygens (including phenoxy) is 2. The van der Waals surface area contributed by atoms with Gasteiger partial charge in [-0.2, -0.15) is 0 Å². The zero-order valence-corrected chi connectivity index (χ0v) is 21.6. The van der Waals surface area contributed by atoms with Crippen molar-refractivity contribution in [3.05, 3.63) is 68.4 Å². The number of aromatic nitrogens is 1. The maximum atomic E-state index is 13.7. The fraction of sp³-hybridized carbons (Fsp3) is 0.370. The first-order valence-corrected chi connectivity index (χ1v) is 13.9. The van der Waals surface area contributed by atoms with Gasteiger partial charge in [0.2, 0.25) is 11.8 Å². The first-order valence-electron chi connectivity index (χ1n) is 12.2. The number of H-pyrrole nitrogens is 1. The van der Waals surface area contributed by atoms with E-state index in [0.29, 0.717) is 17.2 Å².